The van der Waals surface area contributed by atoms with Gasteiger partial charge in [0.25, 0.3) is 0 Å². The van der Waals surface area contributed by atoms with E-state index >= 15 is 0 Å². The third kappa shape index (κ3) is 11.0. The van der Waals surface area contributed by atoms with Crippen molar-refractivity contribution in [2.75, 3.05) is 0 Å². The molecule has 0 aliphatic heterocycles. The van der Waals surface area contributed by atoms with Crippen LogP contribution >= 0.6 is 15.9 Å². The number of nitrogens with zero attached hydrogens (tertiary/aromatic N) is 11. The van der Waals surface area contributed by atoms with E-state index in [-0.39, 0.29) is 5.75 Å². The Morgan fingerprint density at radius 2 is 0.897 bits per heavy atom. The van der Waals surface area contributed by atoms with Gasteiger partial charge in [-0.05, 0) is 189 Å². The standard InChI is InChI=1S/C20H20N4O2.C19H18N4O2.C14H14BrN3O.C6H7NO/c1-11-17(7-6-8-21-11)25-18-10-15(19-12(2)23-26-13(19)3)9-16-20(18)22-14(4)24(16)5;1-10-16(6-5-7-20-10)24-17-9-14(18-11(2)23-25-12(18)3)8-15-19(17)22-13(4)21-15;1-7-13(8(2)19-17-7)10-5-11(15)14-12(6-10)18(4)9(3)16-14;1-5-6(8)3-2-4-7-5/h6-10H,1-5H3;5-9H,1-4H3,(H,21,22);5-6H,1-4H3;2-4,8H,1H3. The van der Waals surface area contributed by atoms with Gasteiger partial charge in [-0.2, -0.15) is 0 Å². The largest absolute Gasteiger partial charge is 0.506 e. The monoisotopic (exact) mass is 1110 g/mol. The lowest BCUT2D eigenvalue weighted by Crippen LogP contribution is -1.94. The van der Waals surface area contributed by atoms with E-state index in [0.29, 0.717) is 28.7 Å². The molecule has 0 radical (unpaired) electrons. The molecule has 0 unspecified atom stereocenters. The van der Waals surface area contributed by atoms with Gasteiger partial charge in [-0.25, -0.2) is 15.0 Å². The van der Waals surface area contributed by atoms with Crippen molar-refractivity contribution in [1.82, 2.24) is 59.5 Å². The molecule has 19 heteroatoms. The van der Waals surface area contributed by atoms with Crippen LogP contribution in [0.5, 0.6) is 28.7 Å². The lowest BCUT2D eigenvalue weighted by Gasteiger charge is -2.11. The van der Waals surface area contributed by atoms with E-state index in [9.17, 15) is 0 Å². The number of nitrogens with one attached hydrogen (secondary N) is 1. The number of imidazole rings is 3. The molecule has 398 valence electrons. The summed E-state index contributed by atoms with van der Waals surface area (Å²) in [5.41, 5.74) is 16.6. The van der Waals surface area contributed by atoms with Crippen molar-refractivity contribution < 1.29 is 28.1 Å². The SMILES string of the molecule is Cc1nc2c(Oc3cccnc3C)cc(-c3c(C)noc3C)cc2[nH]1.Cc1ncccc1O.Cc1ncccc1Oc1cc(-c2c(C)noc2C)cc2c1nc(C)n2C.Cc1noc(C)c1-c1cc(Br)c2nc(C)n(C)c2c1. The van der Waals surface area contributed by atoms with E-state index in [0.717, 1.165) is 134 Å². The van der Waals surface area contributed by atoms with Crippen LogP contribution < -0.4 is 9.47 Å². The van der Waals surface area contributed by atoms with Crippen LogP contribution in [0.1, 0.15) is 68.9 Å². The maximum Gasteiger partial charge on any atom is 0.155 e. The fourth-order valence-corrected chi connectivity index (χ4v) is 9.62. The van der Waals surface area contributed by atoms with Crippen molar-refractivity contribution in [3.05, 3.63) is 165 Å². The Labute approximate surface area is 458 Å². The van der Waals surface area contributed by atoms with Gasteiger partial charge in [-0.15, -0.1) is 0 Å². The third-order valence-electron chi connectivity index (χ3n) is 13.3. The molecule has 0 bridgehead atoms. The minimum absolute atomic E-state index is 0.257. The number of aromatic hydroxyl groups is 1. The molecule has 12 aromatic rings. The Morgan fingerprint density at radius 3 is 1.33 bits per heavy atom. The molecule has 9 heterocycles. The number of benzene rings is 3. The van der Waals surface area contributed by atoms with Gasteiger partial charge in [0.15, 0.2) is 11.5 Å². The lowest BCUT2D eigenvalue weighted by atomic mass is 10.0. The van der Waals surface area contributed by atoms with Crippen molar-refractivity contribution in [3.8, 4) is 62.1 Å². The first kappa shape index (κ1) is 53.8. The average molecular weight is 1110 g/mol. The summed E-state index contributed by atoms with van der Waals surface area (Å²) in [6.07, 6.45) is 5.15. The maximum absolute atomic E-state index is 8.86. The fourth-order valence-electron chi connectivity index (χ4n) is 9.08. The second kappa shape index (κ2) is 22.3. The Morgan fingerprint density at radius 1 is 0.474 bits per heavy atom. The highest BCUT2D eigenvalue weighted by Crippen LogP contribution is 2.40. The minimum Gasteiger partial charge on any atom is -0.506 e. The number of ether oxygens (including phenoxy) is 2. The molecule has 0 aliphatic rings. The first-order valence-electron chi connectivity index (χ1n) is 25.0. The topological polar surface area (TPSA) is 220 Å². The van der Waals surface area contributed by atoms with Crippen LogP contribution in [0.2, 0.25) is 0 Å². The smallest absolute Gasteiger partial charge is 0.155 e. The minimum atomic E-state index is 0.257. The van der Waals surface area contributed by atoms with Crippen molar-refractivity contribution >= 4 is 49.0 Å². The molecular formula is C59H59BrN12O6. The van der Waals surface area contributed by atoms with Gasteiger partial charge < -0.3 is 42.3 Å². The average Bonchev–Trinajstić information content (AvgIpc) is 4.31. The van der Waals surface area contributed by atoms with E-state index in [2.05, 4.69) is 93.6 Å². The van der Waals surface area contributed by atoms with Gasteiger partial charge in [0.2, 0.25) is 0 Å². The van der Waals surface area contributed by atoms with Crippen molar-refractivity contribution in [1.29, 1.82) is 0 Å². The molecule has 0 saturated heterocycles. The van der Waals surface area contributed by atoms with E-state index in [4.69, 9.17) is 28.1 Å². The molecular weight excluding hydrogens is 1050 g/mol. The zero-order valence-corrected chi connectivity index (χ0v) is 47.5. The summed E-state index contributed by atoms with van der Waals surface area (Å²) in [5, 5.41) is 21.0. The molecule has 0 atom stereocenters. The second-order valence-electron chi connectivity index (χ2n) is 18.9. The number of rotatable bonds is 7. The van der Waals surface area contributed by atoms with Crippen molar-refractivity contribution in [2.45, 2.75) is 83.1 Å². The molecule has 3 aromatic carbocycles. The number of pyridine rings is 3. The van der Waals surface area contributed by atoms with Crippen LogP contribution in [0, 0.1) is 83.1 Å². The fraction of sp³-hybridized carbons (Fsp3) is 0.237. The van der Waals surface area contributed by atoms with Gasteiger partial charge >= 0.3 is 0 Å². The second-order valence-corrected chi connectivity index (χ2v) is 19.7. The van der Waals surface area contributed by atoms with Gasteiger partial charge in [-0.3, -0.25) is 15.0 Å². The first-order chi connectivity index (χ1) is 37.3. The zero-order valence-electron chi connectivity index (χ0n) is 45.9. The number of fused-ring (bicyclic) bond motifs is 3. The summed E-state index contributed by atoms with van der Waals surface area (Å²) < 4.78 is 33.4. The quantitative estimate of drug-likeness (QED) is 0.152. The zero-order chi connectivity index (χ0) is 55.7. The van der Waals surface area contributed by atoms with Gasteiger partial charge in [-0.1, -0.05) is 15.5 Å². The summed E-state index contributed by atoms with van der Waals surface area (Å²) in [7, 11) is 4.02. The normalized spacial score (nSPS) is 11.1. The molecule has 0 amide bonds. The summed E-state index contributed by atoms with van der Waals surface area (Å²) >= 11 is 3.60. The first-order valence-corrected chi connectivity index (χ1v) is 25.8. The summed E-state index contributed by atoms with van der Waals surface area (Å²) in [6.45, 7) is 23.1. The van der Waals surface area contributed by atoms with Crippen LogP contribution in [0.15, 0.2) is 109 Å². The molecule has 18 nitrogen and oxygen atoms in total. The van der Waals surface area contributed by atoms with Crippen LogP contribution in [-0.2, 0) is 14.1 Å². The van der Waals surface area contributed by atoms with E-state index in [1.54, 1.807) is 37.6 Å². The highest BCUT2D eigenvalue weighted by Gasteiger charge is 2.21. The van der Waals surface area contributed by atoms with Crippen LogP contribution in [-0.4, -0.2) is 64.6 Å². The Balaban J connectivity index is 0.000000134. The Kier molecular flexibility index (Phi) is 15.4. The number of hydrogen-bond acceptors (Lipinski definition) is 15. The van der Waals surface area contributed by atoms with E-state index in [1.165, 1.54) is 0 Å². The predicted molar refractivity (Wildman–Crippen MR) is 303 cm³/mol. The van der Waals surface area contributed by atoms with E-state index in [1.807, 2.05) is 133 Å². The number of aryl methyl sites for hydroxylation is 14. The number of aromatic nitrogens is 12. The summed E-state index contributed by atoms with van der Waals surface area (Å²) in [5.74, 6) is 8.18. The molecule has 12 rings (SSSR count). The van der Waals surface area contributed by atoms with Gasteiger partial charge in [0, 0.05) is 53.8 Å². The van der Waals surface area contributed by atoms with Crippen LogP contribution in [0.25, 0.3) is 66.5 Å². The molecule has 78 heavy (non-hydrogen) atoms. The molecule has 0 spiro atoms. The summed E-state index contributed by atoms with van der Waals surface area (Å²) in [4.78, 5) is 29.5. The number of H-pyrrole nitrogens is 1. The maximum atomic E-state index is 8.86. The lowest BCUT2D eigenvalue weighted by molar-refractivity contribution is 0.393. The van der Waals surface area contributed by atoms with Gasteiger partial charge in [0.05, 0.1) is 50.7 Å². The Hall–Kier alpha value is -8.97. The molecule has 0 fully saturated rings. The van der Waals surface area contributed by atoms with Crippen molar-refractivity contribution in [3.63, 3.8) is 0 Å². The van der Waals surface area contributed by atoms with Crippen LogP contribution in [0.3, 0.4) is 0 Å². The highest BCUT2D eigenvalue weighted by atomic mass is 79.9. The molecule has 2 N–H and O–H groups in total. The number of halogens is 1. The highest BCUT2D eigenvalue weighted by molar-refractivity contribution is 9.10. The molecule has 0 saturated carbocycles. The predicted octanol–water partition coefficient (Wildman–Crippen LogP) is 14.3. The van der Waals surface area contributed by atoms with Crippen LogP contribution in [0.4, 0.5) is 0 Å². The van der Waals surface area contributed by atoms with E-state index < -0.39 is 0 Å². The molecule has 0 aliphatic carbocycles. The summed E-state index contributed by atoms with van der Waals surface area (Å²) in [6, 6.07) is 23.2. The number of hydrogen-bond donors (Lipinski definition) is 2. The third-order valence-corrected chi connectivity index (χ3v) is 13.9. The number of aromatic amines is 1. The Bertz CT molecular complexity index is 4080. The molecule has 9 aromatic heterocycles. The van der Waals surface area contributed by atoms with Gasteiger partial charge in [0.1, 0.15) is 68.6 Å². The van der Waals surface area contributed by atoms with Crippen molar-refractivity contribution in [2.24, 2.45) is 14.1 Å².